The van der Waals surface area contributed by atoms with Crippen molar-refractivity contribution in [3.05, 3.63) is 70.7 Å². The van der Waals surface area contributed by atoms with Gasteiger partial charge in [0.25, 0.3) is 11.5 Å². The summed E-state index contributed by atoms with van der Waals surface area (Å²) in [5.41, 5.74) is 0.487. The lowest BCUT2D eigenvalue weighted by Gasteiger charge is -2.15. The summed E-state index contributed by atoms with van der Waals surface area (Å²) in [5.74, 6) is -0.497. The van der Waals surface area contributed by atoms with E-state index in [1.807, 2.05) is 13.8 Å². The van der Waals surface area contributed by atoms with Gasteiger partial charge in [0.05, 0.1) is 5.39 Å². The van der Waals surface area contributed by atoms with Crippen molar-refractivity contribution < 1.29 is 9.18 Å². The molecule has 0 radical (unpaired) electrons. The minimum Gasteiger partial charge on any atom is -0.321 e. The van der Waals surface area contributed by atoms with E-state index in [1.54, 1.807) is 30.6 Å². The Hall–Kier alpha value is -3.02. The molecule has 0 aliphatic heterocycles. The number of anilines is 1. The van der Waals surface area contributed by atoms with Gasteiger partial charge in [0.1, 0.15) is 11.5 Å². The molecule has 0 atom stereocenters. The Kier molecular flexibility index (Phi) is 5.11. The predicted molar refractivity (Wildman–Crippen MR) is 99.8 cm³/mol. The van der Waals surface area contributed by atoms with Crippen LogP contribution in [0.25, 0.3) is 10.8 Å². The summed E-state index contributed by atoms with van der Waals surface area (Å²) in [7, 11) is 0. The molecule has 5 nitrogen and oxygen atoms in total. The van der Waals surface area contributed by atoms with E-state index in [1.165, 1.54) is 22.8 Å². The number of hydrogen-bond donors (Lipinski definition) is 1. The molecule has 0 spiro atoms. The van der Waals surface area contributed by atoms with Gasteiger partial charge in [-0.15, -0.1) is 0 Å². The molecule has 1 N–H and O–H groups in total. The molecule has 0 fully saturated rings. The molecule has 0 unspecified atom stereocenters. The Morgan fingerprint density at radius 1 is 1.19 bits per heavy atom. The zero-order chi connectivity index (χ0) is 18.7. The molecule has 3 aromatic rings. The number of carbonyl (C=O) groups is 1. The number of nitrogens with one attached hydrogen (secondary N) is 1. The molecule has 26 heavy (non-hydrogen) atoms. The van der Waals surface area contributed by atoms with Gasteiger partial charge in [-0.05, 0) is 48.1 Å². The number of benzene rings is 1. The minimum absolute atomic E-state index is 0.256. The summed E-state index contributed by atoms with van der Waals surface area (Å²) >= 11 is 0. The first-order chi connectivity index (χ1) is 12.5. The van der Waals surface area contributed by atoms with Crippen LogP contribution in [0.4, 0.5) is 10.1 Å². The number of fused-ring (bicyclic) bond motifs is 1. The van der Waals surface area contributed by atoms with Crippen molar-refractivity contribution in [1.29, 1.82) is 0 Å². The normalized spacial score (nSPS) is 11.1. The fraction of sp³-hybridized carbons (Fsp3) is 0.250. The number of hydrogen-bond acceptors (Lipinski definition) is 3. The van der Waals surface area contributed by atoms with Gasteiger partial charge in [0.15, 0.2) is 0 Å². The molecular formula is C20H20FN3O2. The zero-order valence-corrected chi connectivity index (χ0v) is 14.7. The number of halogens is 1. The van der Waals surface area contributed by atoms with Gasteiger partial charge in [0.2, 0.25) is 0 Å². The van der Waals surface area contributed by atoms with E-state index in [4.69, 9.17) is 0 Å². The van der Waals surface area contributed by atoms with Crippen molar-refractivity contribution in [2.75, 3.05) is 5.32 Å². The van der Waals surface area contributed by atoms with E-state index < -0.39 is 5.82 Å². The van der Waals surface area contributed by atoms with Gasteiger partial charge in [-0.1, -0.05) is 19.9 Å². The quantitative estimate of drug-likeness (QED) is 0.758. The second kappa shape index (κ2) is 7.47. The first kappa shape index (κ1) is 17.8. The number of carbonyl (C=O) groups excluding carboxylic acids is 1. The molecule has 2 heterocycles. The highest BCUT2D eigenvalue weighted by molar-refractivity contribution is 6.05. The van der Waals surface area contributed by atoms with Crippen LogP contribution in [0.2, 0.25) is 0 Å². The minimum atomic E-state index is -0.473. The molecule has 3 rings (SSSR count). The van der Waals surface area contributed by atoms with Crippen LogP contribution in [-0.2, 0) is 6.54 Å². The first-order valence-corrected chi connectivity index (χ1v) is 8.50. The number of pyridine rings is 2. The monoisotopic (exact) mass is 353 g/mol. The van der Waals surface area contributed by atoms with E-state index in [0.29, 0.717) is 23.5 Å². The van der Waals surface area contributed by atoms with Gasteiger partial charge in [0, 0.05) is 24.6 Å². The second-order valence-corrected chi connectivity index (χ2v) is 6.59. The summed E-state index contributed by atoms with van der Waals surface area (Å²) < 4.78 is 15.0. The number of aromatic nitrogens is 2. The first-order valence-electron chi connectivity index (χ1n) is 8.50. The Balaban J connectivity index is 2.09. The van der Waals surface area contributed by atoms with Gasteiger partial charge in [-0.2, -0.15) is 0 Å². The molecular weight excluding hydrogens is 333 g/mol. The largest absolute Gasteiger partial charge is 0.321 e. The lowest BCUT2D eigenvalue weighted by atomic mass is 10.1. The van der Waals surface area contributed by atoms with Crippen LogP contribution in [-0.4, -0.2) is 15.5 Å². The van der Waals surface area contributed by atoms with E-state index in [0.717, 1.165) is 6.42 Å². The Bertz CT molecular complexity index is 997. The molecule has 0 aliphatic rings. The number of amides is 1. The van der Waals surface area contributed by atoms with Crippen LogP contribution in [0.5, 0.6) is 0 Å². The van der Waals surface area contributed by atoms with Crippen molar-refractivity contribution in [2.24, 2.45) is 5.92 Å². The van der Waals surface area contributed by atoms with Crippen LogP contribution in [0.3, 0.4) is 0 Å². The SMILES string of the molecule is CC(C)CCn1c(C(=O)Nc2ccncc2)cc2ccc(F)cc2c1=O. The zero-order valence-electron chi connectivity index (χ0n) is 14.7. The Morgan fingerprint density at radius 3 is 2.62 bits per heavy atom. The number of nitrogens with zero attached hydrogens (tertiary/aromatic N) is 2. The van der Waals surface area contributed by atoms with E-state index in [9.17, 15) is 14.0 Å². The van der Waals surface area contributed by atoms with Gasteiger partial charge < -0.3 is 9.88 Å². The molecule has 1 aromatic carbocycles. The smallest absolute Gasteiger partial charge is 0.272 e. The van der Waals surface area contributed by atoms with Crippen LogP contribution >= 0.6 is 0 Å². The molecule has 0 bridgehead atoms. The van der Waals surface area contributed by atoms with Crippen molar-refractivity contribution in [3.8, 4) is 0 Å². The van der Waals surface area contributed by atoms with E-state index in [-0.39, 0.29) is 22.5 Å². The third-order valence-electron chi connectivity index (χ3n) is 4.17. The van der Waals surface area contributed by atoms with Crippen LogP contribution in [0, 0.1) is 11.7 Å². The maximum atomic E-state index is 13.6. The molecule has 0 saturated carbocycles. The lowest BCUT2D eigenvalue weighted by Crippen LogP contribution is -2.29. The topological polar surface area (TPSA) is 64.0 Å². The average molecular weight is 353 g/mol. The van der Waals surface area contributed by atoms with Crippen LogP contribution in [0.15, 0.2) is 53.6 Å². The molecule has 2 aromatic heterocycles. The number of rotatable bonds is 5. The van der Waals surface area contributed by atoms with Crippen molar-refractivity contribution in [1.82, 2.24) is 9.55 Å². The van der Waals surface area contributed by atoms with Gasteiger partial charge >= 0.3 is 0 Å². The van der Waals surface area contributed by atoms with Crippen molar-refractivity contribution in [3.63, 3.8) is 0 Å². The maximum Gasteiger partial charge on any atom is 0.272 e. The lowest BCUT2D eigenvalue weighted by molar-refractivity contribution is 0.101. The molecule has 0 saturated heterocycles. The van der Waals surface area contributed by atoms with E-state index >= 15 is 0 Å². The highest BCUT2D eigenvalue weighted by Crippen LogP contribution is 2.17. The fourth-order valence-electron chi connectivity index (χ4n) is 2.75. The van der Waals surface area contributed by atoms with E-state index in [2.05, 4.69) is 10.3 Å². The summed E-state index contributed by atoms with van der Waals surface area (Å²) in [6.07, 6.45) is 3.88. The summed E-state index contributed by atoms with van der Waals surface area (Å²) in [6, 6.07) is 8.99. The third-order valence-corrected chi connectivity index (χ3v) is 4.17. The highest BCUT2D eigenvalue weighted by Gasteiger charge is 2.16. The van der Waals surface area contributed by atoms with Gasteiger partial charge in [-0.3, -0.25) is 14.6 Å². The van der Waals surface area contributed by atoms with Crippen LogP contribution in [0.1, 0.15) is 30.8 Å². The Labute approximate surface area is 150 Å². The average Bonchev–Trinajstić information content (AvgIpc) is 2.62. The van der Waals surface area contributed by atoms with Gasteiger partial charge in [-0.25, -0.2) is 4.39 Å². The molecule has 134 valence electrons. The summed E-state index contributed by atoms with van der Waals surface area (Å²) in [5, 5.41) is 3.59. The standard InChI is InChI=1S/C20H20FN3O2/c1-13(2)7-10-24-18(19(25)23-16-5-8-22-9-6-16)11-14-3-4-15(21)12-17(14)20(24)26/h3-6,8-9,11-13H,7,10H2,1-2H3,(H,22,23,25). The predicted octanol–water partition coefficient (Wildman–Crippen LogP) is 3.83. The summed E-state index contributed by atoms with van der Waals surface area (Å²) in [4.78, 5) is 29.6. The van der Waals surface area contributed by atoms with Crippen molar-refractivity contribution >= 4 is 22.4 Å². The second-order valence-electron chi connectivity index (χ2n) is 6.59. The molecule has 6 heteroatoms. The van der Waals surface area contributed by atoms with Crippen molar-refractivity contribution in [2.45, 2.75) is 26.8 Å². The van der Waals surface area contributed by atoms with Crippen LogP contribution < -0.4 is 10.9 Å². The third kappa shape index (κ3) is 3.79. The molecule has 0 aliphatic carbocycles. The maximum absolute atomic E-state index is 13.6. The summed E-state index contributed by atoms with van der Waals surface area (Å²) in [6.45, 7) is 4.48. The Morgan fingerprint density at radius 2 is 1.92 bits per heavy atom. The highest BCUT2D eigenvalue weighted by atomic mass is 19.1. The fourth-order valence-corrected chi connectivity index (χ4v) is 2.75. The molecule has 1 amide bonds.